The van der Waals surface area contributed by atoms with Crippen LogP contribution in [-0.4, -0.2) is 12.6 Å². The Kier molecular flexibility index (Phi) is 10.4. The summed E-state index contributed by atoms with van der Waals surface area (Å²) < 4.78 is 40.1. The summed E-state index contributed by atoms with van der Waals surface area (Å²) in [6.07, 6.45) is 11.8. The Bertz CT molecular complexity index is 902. The molecular formula is C29H38F2O3. The molecule has 0 radical (unpaired) electrons. The zero-order valence-corrected chi connectivity index (χ0v) is 20.6. The van der Waals surface area contributed by atoms with E-state index in [1.165, 1.54) is 37.8 Å². The predicted molar refractivity (Wildman–Crippen MR) is 132 cm³/mol. The van der Waals surface area contributed by atoms with Gasteiger partial charge >= 0.3 is 5.97 Å². The molecule has 0 aliphatic heterocycles. The van der Waals surface area contributed by atoms with Crippen LogP contribution in [0.15, 0.2) is 36.4 Å². The highest BCUT2D eigenvalue weighted by Gasteiger charge is 2.27. The second-order valence-corrected chi connectivity index (χ2v) is 9.45. The normalized spacial score (nSPS) is 18.0. The van der Waals surface area contributed by atoms with Crippen molar-refractivity contribution in [3.63, 3.8) is 0 Å². The van der Waals surface area contributed by atoms with Crippen LogP contribution in [0.3, 0.4) is 0 Å². The van der Waals surface area contributed by atoms with Gasteiger partial charge in [-0.05, 0) is 67.9 Å². The van der Waals surface area contributed by atoms with Gasteiger partial charge in [-0.3, -0.25) is 4.79 Å². The van der Waals surface area contributed by atoms with E-state index in [0.29, 0.717) is 17.9 Å². The SMILES string of the molecule is CCCCCOc1ccc(-c2ccc(OC(=O)C3CCC(CCCCC)CC3)cc2)c(F)c1F. The van der Waals surface area contributed by atoms with Crippen LogP contribution in [0.1, 0.15) is 84.5 Å². The highest BCUT2D eigenvalue weighted by Crippen LogP contribution is 2.34. The molecule has 1 saturated carbocycles. The summed E-state index contributed by atoms with van der Waals surface area (Å²) in [7, 11) is 0. The van der Waals surface area contributed by atoms with E-state index in [2.05, 4.69) is 13.8 Å². The summed E-state index contributed by atoms with van der Waals surface area (Å²) in [6.45, 7) is 4.65. The molecule has 0 unspecified atom stereocenters. The molecule has 1 aliphatic carbocycles. The van der Waals surface area contributed by atoms with Crippen molar-refractivity contribution in [2.24, 2.45) is 11.8 Å². The van der Waals surface area contributed by atoms with Gasteiger partial charge in [0.1, 0.15) is 5.75 Å². The molecule has 2 aromatic rings. The van der Waals surface area contributed by atoms with Crippen molar-refractivity contribution in [1.29, 1.82) is 0 Å². The van der Waals surface area contributed by atoms with Crippen molar-refractivity contribution < 1.29 is 23.0 Å². The van der Waals surface area contributed by atoms with Gasteiger partial charge < -0.3 is 9.47 Å². The fraction of sp³-hybridized carbons (Fsp3) is 0.552. The van der Waals surface area contributed by atoms with Gasteiger partial charge in [0, 0.05) is 5.56 Å². The third-order valence-corrected chi connectivity index (χ3v) is 6.83. The molecule has 0 aromatic heterocycles. The van der Waals surface area contributed by atoms with Gasteiger partial charge in [0.15, 0.2) is 11.6 Å². The smallest absolute Gasteiger partial charge is 0.314 e. The van der Waals surface area contributed by atoms with Gasteiger partial charge in [0.2, 0.25) is 5.82 Å². The van der Waals surface area contributed by atoms with Crippen molar-refractivity contribution in [1.82, 2.24) is 0 Å². The molecule has 3 rings (SSSR count). The molecule has 0 spiro atoms. The first-order valence-electron chi connectivity index (χ1n) is 13.0. The van der Waals surface area contributed by atoms with Crippen LogP contribution in [0.4, 0.5) is 8.78 Å². The Balaban J connectivity index is 1.54. The topological polar surface area (TPSA) is 35.5 Å². The second kappa shape index (κ2) is 13.5. The van der Waals surface area contributed by atoms with Gasteiger partial charge in [-0.25, -0.2) is 4.39 Å². The fourth-order valence-corrected chi connectivity index (χ4v) is 4.67. The van der Waals surface area contributed by atoms with E-state index >= 15 is 0 Å². The molecular weight excluding hydrogens is 434 g/mol. The average Bonchev–Trinajstić information content (AvgIpc) is 2.85. The zero-order chi connectivity index (χ0) is 24.3. The average molecular weight is 473 g/mol. The quantitative estimate of drug-likeness (QED) is 0.176. The Labute approximate surface area is 202 Å². The van der Waals surface area contributed by atoms with E-state index < -0.39 is 11.6 Å². The van der Waals surface area contributed by atoms with Gasteiger partial charge in [-0.15, -0.1) is 0 Å². The maximum Gasteiger partial charge on any atom is 0.314 e. The largest absolute Gasteiger partial charge is 0.490 e. The van der Waals surface area contributed by atoms with Crippen LogP contribution < -0.4 is 9.47 Å². The van der Waals surface area contributed by atoms with Crippen LogP contribution in [0.25, 0.3) is 11.1 Å². The van der Waals surface area contributed by atoms with Crippen molar-refractivity contribution in [2.45, 2.75) is 84.5 Å². The van der Waals surface area contributed by atoms with E-state index in [4.69, 9.17) is 9.47 Å². The van der Waals surface area contributed by atoms with E-state index in [0.717, 1.165) is 50.9 Å². The number of carbonyl (C=O) groups is 1. The molecule has 5 heteroatoms. The number of hydrogen-bond donors (Lipinski definition) is 0. The standard InChI is InChI=1S/C29H38F2O3/c1-3-5-7-9-21-10-12-23(13-11-21)29(32)34-24-16-14-22(15-17-24)25-18-19-26(28(31)27(25)30)33-20-8-6-4-2/h14-19,21,23H,3-13,20H2,1-2H3. The van der Waals surface area contributed by atoms with Crippen LogP contribution in [0.5, 0.6) is 11.5 Å². The van der Waals surface area contributed by atoms with Gasteiger partial charge in [0.05, 0.1) is 12.5 Å². The molecule has 0 atom stereocenters. The summed E-state index contributed by atoms with van der Waals surface area (Å²) in [5.41, 5.74) is 0.666. The number of ether oxygens (including phenoxy) is 2. The number of carbonyl (C=O) groups excluding carboxylic acids is 1. The van der Waals surface area contributed by atoms with Crippen molar-refractivity contribution in [3.8, 4) is 22.6 Å². The summed E-state index contributed by atoms with van der Waals surface area (Å²) in [5.74, 6) is -1.07. The maximum atomic E-state index is 14.7. The first-order valence-corrected chi connectivity index (χ1v) is 13.0. The van der Waals surface area contributed by atoms with Crippen LogP contribution >= 0.6 is 0 Å². The van der Waals surface area contributed by atoms with Gasteiger partial charge in [-0.1, -0.05) is 64.5 Å². The molecule has 186 valence electrons. The number of halogens is 2. The van der Waals surface area contributed by atoms with Crippen molar-refractivity contribution in [3.05, 3.63) is 48.0 Å². The molecule has 3 nitrogen and oxygen atoms in total. The minimum Gasteiger partial charge on any atom is -0.490 e. The third-order valence-electron chi connectivity index (χ3n) is 6.83. The molecule has 0 saturated heterocycles. The lowest BCUT2D eigenvalue weighted by Gasteiger charge is -2.27. The molecule has 34 heavy (non-hydrogen) atoms. The van der Waals surface area contributed by atoms with Crippen LogP contribution in [0, 0.1) is 23.5 Å². The first kappa shape index (κ1) is 26.2. The lowest BCUT2D eigenvalue weighted by molar-refractivity contribution is -0.140. The summed E-state index contributed by atoms with van der Waals surface area (Å²) in [6, 6.07) is 9.55. The highest BCUT2D eigenvalue weighted by molar-refractivity contribution is 5.75. The maximum absolute atomic E-state index is 14.7. The summed E-state index contributed by atoms with van der Waals surface area (Å²) in [4.78, 5) is 12.6. The molecule has 2 aromatic carbocycles. The van der Waals surface area contributed by atoms with E-state index in [9.17, 15) is 13.6 Å². The fourth-order valence-electron chi connectivity index (χ4n) is 4.67. The first-order chi connectivity index (χ1) is 16.5. The van der Waals surface area contributed by atoms with E-state index in [1.807, 2.05) is 0 Å². The molecule has 1 aliphatic rings. The lowest BCUT2D eigenvalue weighted by Crippen LogP contribution is -2.25. The number of esters is 1. The number of rotatable bonds is 12. The van der Waals surface area contributed by atoms with Gasteiger partial charge in [-0.2, -0.15) is 4.39 Å². The monoisotopic (exact) mass is 472 g/mol. The number of benzene rings is 2. The Morgan fingerprint density at radius 3 is 2.21 bits per heavy atom. The zero-order valence-electron chi connectivity index (χ0n) is 20.6. The minimum absolute atomic E-state index is 0.0569. The molecule has 0 N–H and O–H groups in total. The van der Waals surface area contributed by atoms with Gasteiger partial charge in [0.25, 0.3) is 0 Å². The predicted octanol–water partition coefficient (Wildman–Crippen LogP) is 8.49. The molecule has 1 fully saturated rings. The molecule has 0 heterocycles. The Hall–Kier alpha value is -2.43. The highest BCUT2D eigenvalue weighted by atomic mass is 19.2. The van der Waals surface area contributed by atoms with Crippen molar-refractivity contribution in [2.75, 3.05) is 6.61 Å². The lowest BCUT2D eigenvalue weighted by atomic mass is 9.80. The Morgan fingerprint density at radius 2 is 1.53 bits per heavy atom. The molecule has 0 amide bonds. The molecule has 0 bridgehead atoms. The van der Waals surface area contributed by atoms with Crippen LogP contribution in [-0.2, 0) is 4.79 Å². The second-order valence-electron chi connectivity index (χ2n) is 9.45. The summed E-state index contributed by atoms with van der Waals surface area (Å²) >= 11 is 0. The van der Waals surface area contributed by atoms with Crippen molar-refractivity contribution >= 4 is 5.97 Å². The van der Waals surface area contributed by atoms with Crippen LogP contribution in [0.2, 0.25) is 0 Å². The third kappa shape index (κ3) is 7.28. The van der Waals surface area contributed by atoms with E-state index in [-0.39, 0.29) is 23.2 Å². The summed E-state index contributed by atoms with van der Waals surface area (Å²) in [5, 5.41) is 0. The number of unbranched alkanes of at least 4 members (excludes halogenated alkanes) is 4. The Morgan fingerprint density at radius 1 is 0.853 bits per heavy atom. The number of hydrogen-bond acceptors (Lipinski definition) is 3. The minimum atomic E-state index is -0.977. The van der Waals surface area contributed by atoms with E-state index in [1.54, 1.807) is 24.3 Å².